The number of carbonyl (C=O) groups excluding carboxylic acids is 2. The zero-order valence-corrected chi connectivity index (χ0v) is 15.0. The van der Waals surface area contributed by atoms with Gasteiger partial charge in [-0.15, -0.1) is 0 Å². The molecule has 2 amide bonds. The minimum absolute atomic E-state index is 0.0558. The summed E-state index contributed by atoms with van der Waals surface area (Å²) in [6, 6.07) is 16.3. The number of amides is 2. The molecule has 28 heavy (non-hydrogen) atoms. The van der Waals surface area contributed by atoms with Crippen molar-refractivity contribution in [2.24, 2.45) is 0 Å². The molecule has 6 heteroatoms. The smallest absolute Gasteiger partial charge is 0.255 e. The van der Waals surface area contributed by atoms with Crippen LogP contribution in [0.1, 0.15) is 33.9 Å². The van der Waals surface area contributed by atoms with Crippen LogP contribution in [0.2, 0.25) is 0 Å². The number of nitrogens with zero attached hydrogens (tertiary/aromatic N) is 2. The van der Waals surface area contributed by atoms with Crippen molar-refractivity contribution in [3.05, 3.63) is 95.6 Å². The summed E-state index contributed by atoms with van der Waals surface area (Å²) in [5.74, 6) is -0.733. The molecule has 2 heterocycles. The van der Waals surface area contributed by atoms with Gasteiger partial charge < -0.3 is 10.2 Å². The number of pyridine rings is 1. The summed E-state index contributed by atoms with van der Waals surface area (Å²) < 4.78 is 13.4. The maximum atomic E-state index is 13.4. The van der Waals surface area contributed by atoms with E-state index < -0.39 is 6.04 Å². The molecule has 0 saturated carbocycles. The van der Waals surface area contributed by atoms with Crippen LogP contribution in [0.15, 0.2) is 73.1 Å². The van der Waals surface area contributed by atoms with Gasteiger partial charge in [-0.1, -0.05) is 30.3 Å². The molecular formula is C22H18FN3O2. The lowest BCUT2D eigenvalue weighted by molar-refractivity contribution is -0.117. The first-order chi connectivity index (χ1) is 13.6. The zero-order valence-electron chi connectivity index (χ0n) is 15.0. The molecule has 0 saturated heterocycles. The minimum Gasteiger partial charge on any atom is -0.327 e. The van der Waals surface area contributed by atoms with E-state index in [1.165, 1.54) is 12.1 Å². The van der Waals surface area contributed by atoms with Gasteiger partial charge in [-0.05, 0) is 41.5 Å². The number of fused-ring (bicyclic) bond motifs is 1. The molecule has 0 spiro atoms. The molecule has 0 radical (unpaired) electrons. The number of benzene rings is 2. The van der Waals surface area contributed by atoms with Gasteiger partial charge in [0, 0.05) is 18.3 Å². The maximum absolute atomic E-state index is 13.4. The number of hydrogen-bond acceptors (Lipinski definition) is 3. The highest BCUT2D eigenvalue weighted by Crippen LogP contribution is 2.33. The van der Waals surface area contributed by atoms with Crippen molar-refractivity contribution in [1.82, 2.24) is 9.88 Å². The Labute approximate surface area is 161 Å². The summed E-state index contributed by atoms with van der Waals surface area (Å²) in [5.41, 5.74) is 2.86. The second-order valence-electron chi connectivity index (χ2n) is 6.65. The number of rotatable bonds is 5. The lowest BCUT2D eigenvalue weighted by Crippen LogP contribution is -2.32. The van der Waals surface area contributed by atoms with Crippen molar-refractivity contribution in [2.75, 3.05) is 5.32 Å². The molecule has 3 aromatic rings. The van der Waals surface area contributed by atoms with Crippen molar-refractivity contribution in [1.29, 1.82) is 0 Å². The van der Waals surface area contributed by atoms with E-state index in [0.29, 0.717) is 23.4 Å². The van der Waals surface area contributed by atoms with Crippen LogP contribution in [0.25, 0.3) is 0 Å². The second-order valence-corrected chi connectivity index (χ2v) is 6.65. The van der Waals surface area contributed by atoms with Crippen molar-refractivity contribution in [2.45, 2.75) is 19.0 Å². The molecule has 5 nitrogen and oxygen atoms in total. The van der Waals surface area contributed by atoms with E-state index >= 15 is 0 Å². The highest BCUT2D eigenvalue weighted by Gasteiger charge is 2.34. The van der Waals surface area contributed by atoms with E-state index in [0.717, 1.165) is 5.56 Å². The number of aromatic nitrogens is 1. The van der Waals surface area contributed by atoms with E-state index in [2.05, 4.69) is 10.3 Å². The van der Waals surface area contributed by atoms with Crippen LogP contribution in [0, 0.1) is 5.82 Å². The average Bonchev–Trinajstić information content (AvgIpc) is 3.04. The second kappa shape index (κ2) is 7.60. The van der Waals surface area contributed by atoms with Crippen molar-refractivity contribution in [3.63, 3.8) is 0 Å². The Morgan fingerprint density at radius 2 is 1.89 bits per heavy atom. The summed E-state index contributed by atoms with van der Waals surface area (Å²) in [6.45, 7) is 0.414. The molecule has 0 aliphatic carbocycles. The standard InChI is InChI=1S/C22H18FN3O2/c23-17-9-7-15(8-10-17)20(12-21(27)25-18-5-3-11-24-13-18)26-14-16-4-1-2-6-19(16)22(26)28/h1-11,13,20H,12,14H2,(H,25,27). The van der Waals surface area contributed by atoms with Crippen LogP contribution in [0.3, 0.4) is 0 Å². The molecule has 0 bridgehead atoms. The first-order valence-corrected chi connectivity index (χ1v) is 8.96. The Balaban J connectivity index is 1.61. The molecule has 1 atom stereocenters. The fourth-order valence-electron chi connectivity index (χ4n) is 3.45. The van der Waals surface area contributed by atoms with Crippen molar-refractivity contribution >= 4 is 17.5 Å². The lowest BCUT2D eigenvalue weighted by Gasteiger charge is -2.28. The normalized spacial score (nSPS) is 13.9. The number of halogens is 1. The Hall–Kier alpha value is -3.54. The topological polar surface area (TPSA) is 62.3 Å². The van der Waals surface area contributed by atoms with Gasteiger partial charge in [0.15, 0.2) is 0 Å². The van der Waals surface area contributed by atoms with E-state index in [4.69, 9.17) is 0 Å². The van der Waals surface area contributed by atoms with Crippen LogP contribution in [0.5, 0.6) is 0 Å². The van der Waals surface area contributed by atoms with Gasteiger partial charge in [0.05, 0.1) is 24.3 Å². The average molecular weight is 375 g/mol. The molecule has 4 rings (SSSR count). The SMILES string of the molecule is O=C(CC(c1ccc(F)cc1)N1Cc2ccccc2C1=O)Nc1cccnc1. The molecule has 1 unspecified atom stereocenters. The first-order valence-electron chi connectivity index (χ1n) is 8.96. The lowest BCUT2D eigenvalue weighted by atomic mass is 10.0. The van der Waals surface area contributed by atoms with Crippen molar-refractivity contribution < 1.29 is 14.0 Å². The third-order valence-electron chi connectivity index (χ3n) is 4.80. The van der Waals surface area contributed by atoms with Gasteiger partial charge in [-0.25, -0.2) is 4.39 Å². The van der Waals surface area contributed by atoms with Gasteiger partial charge in [-0.2, -0.15) is 0 Å². The van der Waals surface area contributed by atoms with Crippen LogP contribution in [0.4, 0.5) is 10.1 Å². The largest absolute Gasteiger partial charge is 0.327 e. The zero-order chi connectivity index (χ0) is 19.5. The van der Waals surface area contributed by atoms with Gasteiger partial charge in [0.1, 0.15) is 5.82 Å². The third-order valence-corrected chi connectivity index (χ3v) is 4.80. The van der Waals surface area contributed by atoms with E-state index in [1.54, 1.807) is 47.6 Å². The molecule has 140 valence electrons. The molecule has 1 aliphatic heterocycles. The molecule has 1 aromatic heterocycles. The third kappa shape index (κ3) is 3.62. The van der Waals surface area contributed by atoms with E-state index in [9.17, 15) is 14.0 Å². The maximum Gasteiger partial charge on any atom is 0.255 e. The van der Waals surface area contributed by atoms with Crippen molar-refractivity contribution in [3.8, 4) is 0 Å². The Morgan fingerprint density at radius 3 is 2.61 bits per heavy atom. The number of anilines is 1. The molecule has 2 aromatic carbocycles. The summed E-state index contributed by atoms with van der Waals surface area (Å²) >= 11 is 0. The van der Waals surface area contributed by atoms with E-state index in [-0.39, 0.29) is 24.1 Å². The monoisotopic (exact) mass is 375 g/mol. The Morgan fingerprint density at radius 1 is 1.11 bits per heavy atom. The molecule has 0 fully saturated rings. The van der Waals surface area contributed by atoms with Gasteiger partial charge in [0.25, 0.3) is 5.91 Å². The minimum atomic E-state index is -0.503. The number of carbonyl (C=O) groups is 2. The summed E-state index contributed by atoms with van der Waals surface area (Å²) in [7, 11) is 0. The van der Waals surface area contributed by atoms with Gasteiger partial charge in [0.2, 0.25) is 5.91 Å². The number of nitrogens with one attached hydrogen (secondary N) is 1. The van der Waals surface area contributed by atoms with Crippen LogP contribution in [-0.2, 0) is 11.3 Å². The van der Waals surface area contributed by atoms with Gasteiger partial charge >= 0.3 is 0 Å². The summed E-state index contributed by atoms with van der Waals surface area (Å²) in [4.78, 5) is 31.2. The first kappa shape index (κ1) is 17.9. The predicted molar refractivity (Wildman–Crippen MR) is 103 cm³/mol. The molecule has 1 N–H and O–H groups in total. The quantitative estimate of drug-likeness (QED) is 0.735. The fourth-order valence-corrected chi connectivity index (χ4v) is 3.45. The Bertz CT molecular complexity index is 1010. The van der Waals surface area contributed by atoms with Crippen LogP contribution >= 0.6 is 0 Å². The van der Waals surface area contributed by atoms with E-state index in [1.807, 2.05) is 18.2 Å². The van der Waals surface area contributed by atoms with Gasteiger partial charge in [-0.3, -0.25) is 14.6 Å². The predicted octanol–water partition coefficient (Wildman–Crippen LogP) is 3.95. The Kier molecular flexibility index (Phi) is 4.85. The van der Waals surface area contributed by atoms with Crippen LogP contribution < -0.4 is 5.32 Å². The summed E-state index contributed by atoms with van der Waals surface area (Å²) in [6.07, 6.45) is 3.24. The number of hydrogen-bond donors (Lipinski definition) is 1. The molecular weight excluding hydrogens is 357 g/mol. The highest BCUT2D eigenvalue weighted by molar-refractivity contribution is 5.99. The fraction of sp³-hybridized carbons (Fsp3) is 0.136. The summed E-state index contributed by atoms with van der Waals surface area (Å²) in [5, 5.41) is 2.80. The highest BCUT2D eigenvalue weighted by atomic mass is 19.1. The van der Waals surface area contributed by atoms with Crippen LogP contribution in [-0.4, -0.2) is 21.7 Å². The molecule has 1 aliphatic rings.